The number of hydrogen-bond acceptors (Lipinski definition) is 5. The van der Waals surface area contributed by atoms with Crippen LogP contribution in [0.5, 0.6) is 23.0 Å². The van der Waals surface area contributed by atoms with Crippen LogP contribution in [0, 0.1) is 0 Å². The predicted octanol–water partition coefficient (Wildman–Crippen LogP) is 4.03. The minimum absolute atomic E-state index is 0.163. The van der Waals surface area contributed by atoms with Crippen LogP contribution in [-0.4, -0.2) is 17.4 Å². The molecule has 0 heterocycles. The first-order valence-electron chi connectivity index (χ1n) is 7.18. The van der Waals surface area contributed by atoms with E-state index in [4.69, 9.17) is 14.2 Å². The summed E-state index contributed by atoms with van der Waals surface area (Å²) >= 11 is 0. The van der Waals surface area contributed by atoms with E-state index in [1.807, 2.05) is 18.2 Å². The Hall–Kier alpha value is -2.95. The quantitative estimate of drug-likeness (QED) is 0.475. The molecular weight excluding hydrogens is 296 g/mol. The summed E-state index contributed by atoms with van der Waals surface area (Å²) in [6.45, 7) is 5.13. The number of rotatable bonds is 7. The van der Waals surface area contributed by atoms with Gasteiger partial charge in [-0.1, -0.05) is 37.8 Å². The van der Waals surface area contributed by atoms with Crippen LogP contribution in [-0.2, 0) is 9.53 Å². The highest BCUT2D eigenvalue weighted by molar-refractivity contribution is 5.81. The molecule has 23 heavy (non-hydrogen) atoms. The summed E-state index contributed by atoms with van der Waals surface area (Å²) in [4.78, 5) is 11.3. The van der Waals surface area contributed by atoms with Gasteiger partial charge in [0.15, 0.2) is 11.5 Å². The molecule has 0 radical (unpaired) electrons. The standard InChI is InChI=1S/C18H18O5/c1-3-16(19)23-17(4-2)22-15-12-8-11-14(18(15)20)21-13-9-6-5-7-10-13/h3,5-12,17,20H,1,4H2,2H3. The largest absolute Gasteiger partial charge is 0.502 e. The van der Waals surface area contributed by atoms with Crippen molar-refractivity contribution in [2.45, 2.75) is 19.6 Å². The number of para-hydroxylation sites is 2. The lowest BCUT2D eigenvalue weighted by Crippen LogP contribution is -2.22. The van der Waals surface area contributed by atoms with Gasteiger partial charge in [-0.3, -0.25) is 0 Å². The second-order valence-electron chi connectivity index (χ2n) is 4.61. The second kappa shape index (κ2) is 7.89. The van der Waals surface area contributed by atoms with Crippen LogP contribution < -0.4 is 9.47 Å². The smallest absolute Gasteiger partial charge is 0.333 e. The third-order valence-corrected chi connectivity index (χ3v) is 2.94. The van der Waals surface area contributed by atoms with Gasteiger partial charge in [-0.2, -0.15) is 0 Å². The molecule has 1 unspecified atom stereocenters. The number of phenolic OH excluding ortho intramolecular Hbond substituents is 1. The van der Waals surface area contributed by atoms with Crippen LogP contribution in [0.25, 0.3) is 0 Å². The molecule has 1 atom stereocenters. The van der Waals surface area contributed by atoms with Crippen molar-refractivity contribution in [3.05, 3.63) is 61.2 Å². The van der Waals surface area contributed by atoms with Crippen molar-refractivity contribution in [2.75, 3.05) is 0 Å². The summed E-state index contributed by atoms with van der Waals surface area (Å²) < 4.78 is 16.2. The average molecular weight is 314 g/mol. The SMILES string of the molecule is C=CC(=O)OC(CC)Oc1cccc(Oc2ccccc2)c1O. The third-order valence-electron chi connectivity index (χ3n) is 2.94. The van der Waals surface area contributed by atoms with Crippen LogP contribution in [0.4, 0.5) is 0 Å². The number of ether oxygens (including phenoxy) is 3. The van der Waals surface area contributed by atoms with Gasteiger partial charge in [-0.15, -0.1) is 0 Å². The highest BCUT2D eigenvalue weighted by atomic mass is 16.7. The molecular formula is C18H18O5. The Morgan fingerprint density at radius 3 is 2.52 bits per heavy atom. The van der Waals surface area contributed by atoms with Gasteiger partial charge < -0.3 is 19.3 Å². The zero-order valence-electron chi connectivity index (χ0n) is 12.8. The van der Waals surface area contributed by atoms with E-state index in [-0.39, 0.29) is 17.2 Å². The number of carbonyl (C=O) groups excluding carboxylic acids is 1. The Labute approximate surface area is 134 Å². The molecule has 0 aliphatic heterocycles. The lowest BCUT2D eigenvalue weighted by atomic mass is 10.3. The third kappa shape index (κ3) is 4.51. The number of aromatic hydroxyl groups is 1. The van der Waals surface area contributed by atoms with E-state index in [9.17, 15) is 9.90 Å². The minimum Gasteiger partial charge on any atom is -0.502 e. The molecule has 0 aliphatic carbocycles. The number of esters is 1. The van der Waals surface area contributed by atoms with Crippen molar-refractivity contribution in [3.63, 3.8) is 0 Å². The first-order valence-corrected chi connectivity index (χ1v) is 7.18. The van der Waals surface area contributed by atoms with E-state index in [0.717, 1.165) is 6.08 Å². The molecule has 0 bridgehead atoms. The van der Waals surface area contributed by atoms with Gasteiger partial charge in [0.2, 0.25) is 12.0 Å². The van der Waals surface area contributed by atoms with E-state index >= 15 is 0 Å². The van der Waals surface area contributed by atoms with E-state index in [2.05, 4.69) is 6.58 Å². The van der Waals surface area contributed by atoms with Crippen molar-refractivity contribution >= 4 is 5.97 Å². The first-order chi connectivity index (χ1) is 11.1. The molecule has 0 aliphatic rings. The Kier molecular flexibility index (Phi) is 5.63. The molecule has 1 N–H and O–H groups in total. The molecule has 0 fully saturated rings. The van der Waals surface area contributed by atoms with Gasteiger partial charge in [-0.25, -0.2) is 4.79 Å². The van der Waals surface area contributed by atoms with Crippen molar-refractivity contribution < 1.29 is 24.1 Å². The summed E-state index contributed by atoms with van der Waals surface area (Å²) in [5, 5.41) is 10.3. The summed E-state index contributed by atoms with van der Waals surface area (Å²) in [5.41, 5.74) is 0. The molecule has 2 aromatic carbocycles. The molecule has 2 rings (SSSR count). The van der Waals surface area contributed by atoms with Crippen LogP contribution in [0.3, 0.4) is 0 Å². The van der Waals surface area contributed by atoms with Crippen LogP contribution in [0.1, 0.15) is 13.3 Å². The zero-order valence-corrected chi connectivity index (χ0v) is 12.8. The summed E-state index contributed by atoms with van der Waals surface area (Å²) in [6, 6.07) is 13.9. The Morgan fingerprint density at radius 1 is 1.17 bits per heavy atom. The molecule has 0 spiro atoms. The van der Waals surface area contributed by atoms with E-state index < -0.39 is 12.3 Å². The molecule has 5 heteroatoms. The number of benzene rings is 2. The maximum absolute atomic E-state index is 11.3. The molecule has 120 valence electrons. The second-order valence-corrected chi connectivity index (χ2v) is 4.61. The highest BCUT2D eigenvalue weighted by Gasteiger charge is 2.17. The van der Waals surface area contributed by atoms with E-state index in [1.165, 1.54) is 0 Å². The Bertz CT molecular complexity index is 666. The molecule has 0 aromatic heterocycles. The van der Waals surface area contributed by atoms with Gasteiger partial charge in [0.25, 0.3) is 0 Å². The lowest BCUT2D eigenvalue weighted by molar-refractivity contribution is -0.157. The van der Waals surface area contributed by atoms with Crippen molar-refractivity contribution in [1.29, 1.82) is 0 Å². The van der Waals surface area contributed by atoms with Crippen molar-refractivity contribution in [1.82, 2.24) is 0 Å². The summed E-state index contributed by atoms with van der Waals surface area (Å²) in [7, 11) is 0. The molecule has 0 saturated carbocycles. The van der Waals surface area contributed by atoms with Crippen LogP contribution >= 0.6 is 0 Å². The van der Waals surface area contributed by atoms with Crippen LogP contribution in [0.15, 0.2) is 61.2 Å². The van der Waals surface area contributed by atoms with Gasteiger partial charge in [-0.05, 0) is 24.3 Å². The summed E-state index contributed by atoms with van der Waals surface area (Å²) in [6.07, 6.45) is 0.655. The average Bonchev–Trinajstić information content (AvgIpc) is 2.58. The topological polar surface area (TPSA) is 65.0 Å². The van der Waals surface area contributed by atoms with Gasteiger partial charge >= 0.3 is 5.97 Å². The normalized spacial score (nSPS) is 11.3. The Morgan fingerprint density at radius 2 is 1.87 bits per heavy atom. The van der Waals surface area contributed by atoms with E-state index in [1.54, 1.807) is 37.3 Å². The summed E-state index contributed by atoms with van der Waals surface area (Å²) in [5.74, 6) is 0.253. The molecule has 0 amide bonds. The van der Waals surface area contributed by atoms with Gasteiger partial charge in [0.1, 0.15) is 5.75 Å². The van der Waals surface area contributed by atoms with Gasteiger partial charge in [0, 0.05) is 12.5 Å². The predicted molar refractivity (Wildman–Crippen MR) is 85.6 cm³/mol. The first kappa shape index (κ1) is 16.4. The fraction of sp³-hybridized carbons (Fsp3) is 0.167. The fourth-order valence-electron chi connectivity index (χ4n) is 1.81. The van der Waals surface area contributed by atoms with Crippen molar-refractivity contribution in [2.24, 2.45) is 0 Å². The Balaban J connectivity index is 2.15. The molecule has 5 nitrogen and oxygen atoms in total. The molecule has 0 saturated heterocycles. The van der Waals surface area contributed by atoms with Crippen molar-refractivity contribution in [3.8, 4) is 23.0 Å². The highest BCUT2D eigenvalue weighted by Crippen LogP contribution is 2.38. The van der Waals surface area contributed by atoms with Crippen LogP contribution in [0.2, 0.25) is 0 Å². The van der Waals surface area contributed by atoms with E-state index in [0.29, 0.717) is 12.2 Å². The number of carbonyl (C=O) groups is 1. The lowest BCUT2D eigenvalue weighted by Gasteiger charge is -2.18. The number of phenols is 1. The maximum atomic E-state index is 11.3. The zero-order chi connectivity index (χ0) is 16.7. The monoisotopic (exact) mass is 314 g/mol. The number of hydrogen-bond donors (Lipinski definition) is 1. The maximum Gasteiger partial charge on any atom is 0.333 e. The minimum atomic E-state index is -0.821. The fourth-order valence-corrected chi connectivity index (χ4v) is 1.81. The van der Waals surface area contributed by atoms with Gasteiger partial charge in [0.05, 0.1) is 0 Å². The molecule has 2 aromatic rings.